The topological polar surface area (TPSA) is 177 Å². The molecule has 27 heavy (non-hydrogen) atoms. The van der Waals surface area contributed by atoms with Crippen LogP contribution in [0, 0.1) is 11.8 Å². The highest BCUT2D eigenvalue weighted by molar-refractivity contribution is 6.24. The van der Waals surface area contributed by atoms with E-state index >= 15 is 0 Å². The predicted octanol–water partition coefficient (Wildman–Crippen LogP) is -0.793. The minimum absolute atomic E-state index is 0.0423. The van der Waals surface area contributed by atoms with E-state index in [1.807, 2.05) is 0 Å². The molecule has 1 aromatic heterocycles. The summed E-state index contributed by atoms with van der Waals surface area (Å²) in [5.74, 6) is -6.29. The molecule has 3 aliphatic rings. The number of Topliss-reactive ketones (excluding diaryl/α,β-unsaturated/α-hetero) is 2. The molecule has 0 spiro atoms. The van der Waals surface area contributed by atoms with Gasteiger partial charge in [0.1, 0.15) is 17.1 Å². The van der Waals surface area contributed by atoms with Crippen molar-refractivity contribution < 1.29 is 29.7 Å². The maximum atomic E-state index is 12.9. The first kappa shape index (κ1) is 17.4. The lowest BCUT2D eigenvalue weighted by Gasteiger charge is -2.47. The first-order valence-electron chi connectivity index (χ1n) is 8.37. The summed E-state index contributed by atoms with van der Waals surface area (Å²) in [5.41, 5.74) is 8.36. The Morgan fingerprint density at radius 2 is 2.00 bits per heavy atom. The van der Waals surface area contributed by atoms with E-state index in [-0.39, 0.29) is 17.6 Å². The molecule has 9 heteroatoms. The fourth-order valence-corrected chi connectivity index (χ4v) is 4.42. The van der Waals surface area contributed by atoms with Gasteiger partial charge in [-0.2, -0.15) is 0 Å². The van der Waals surface area contributed by atoms with Gasteiger partial charge < -0.3 is 26.8 Å². The van der Waals surface area contributed by atoms with Crippen molar-refractivity contribution in [1.82, 2.24) is 4.98 Å². The van der Waals surface area contributed by atoms with E-state index in [0.29, 0.717) is 12.1 Å². The Kier molecular flexibility index (Phi) is 3.53. The van der Waals surface area contributed by atoms with Gasteiger partial charge >= 0.3 is 0 Å². The van der Waals surface area contributed by atoms with Crippen LogP contribution in [0.1, 0.15) is 22.5 Å². The summed E-state index contributed by atoms with van der Waals surface area (Å²) in [5, 5.41) is 32.0. The number of fused-ring (bicyclic) bond motifs is 3. The van der Waals surface area contributed by atoms with Crippen molar-refractivity contribution in [3.8, 4) is 0 Å². The maximum absolute atomic E-state index is 12.9. The molecule has 9 nitrogen and oxygen atoms in total. The van der Waals surface area contributed by atoms with Crippen molar-refractivity contribution in [3.05, 3.63) is 52.3 Å². The third kappa shape index (κ3) is 2.06. The molecule has 0 aromatic carbocycles. The van der Waals surface area contributed by atoms with Gasteiger partial charge in [0, 0.05) is 23.3 Å². The largest absolute Gasteiger partial charge is 0.510 e. The summed E-state index contributed by atoms with van der Waals surface area (Å²) in [6.07, 6.45) is 1.89. The van der Waals surface area contributed by atoms with E-state index in [1.165, 1.54) is 0 Å². The summed E-state index contributed by atoms with van der Waals surface area (Å²) in [7, 11) is 0. The summed E-state index contributed by atoms with van der Waals surface area (Å²) in [6.45, 7) is 0. The number of primary amides is 1. The van der Waals surface area contributed by atoms with E-state index in [4.69, 9.17) is 11.5 Å². The molecule has 3 aliphatic carbocycles. The van der Waals surface area contributed by atoms with Gasteiger partial charge in [-0.05, 0) is 30.9 Å². The summed E-state index contributed by atoms with van der Waals surface area (Å²) >= 11 is 0. The molecule has 0 aliphatic heterocycles. The van der Waals surface area contributed by atoms with E-state index < -0.39 is 58.0 Å². The highest BCUT2D eigenvalue weighted by atomic mass is 16.3. The number of carbonyl (C=O) groups excluding carboxylic acids is 3. The number of aliphatic hydroxyl groups excluding tert-OH is 2. The van der Waals surface area contributed by atoms with Crippen LogP contribution in [0.25, 0.3) is 0 Å². The number of hydrogen-bond donors (Lipinski definition) is 5. The van der Waals surface area contributed by atoms with Crippen LogP contribution in [0.15, 0.2) is 41.0 Å². The SMILES string of the molecule is NC(=O)C1=C(O)[C@@H](N)[C@@H]2C[C@@H]3Cc4ncccc4C(=O)C3=C(O)[C@]2(O)C1=O. The second-order valence-corrected chi connectivity index (χ2v) is 7.08. The zero-order chi connectivity index (χ0) is 19.7. The Balaban J connectivity index is 1.93. The zero-order valence-electron chi connectivity index (χ0n) is 14.0. The summed E-state index contributed by atoms with van der Waals surface area (Å²) < 4.78 is 0. The average molecular weight is 371 g/mol. The second-order valence-electron chi connectivity index (χ2n) is 7.08. The number of amides is 1. The zero-order valence-corrected chi connectivity index (χ0v) is 14.0. The Bertz CT molecular complexity index is 981. The van der Waals surface area contributed by atoms with Gasteiger partial charge in [-0.15, -0.1) is 0 Å². The Hall–Kier alpha value is -3.04. The number of nitrogens with zero attached hydrogens (tertiary/aromatic N) is 1. The van der Waals surface area contributed by atoms with Crippen molar-refractivity contribution in [2.24, 2.45) is 23.3 Å². The molecule has 0 bridgehead atoms. The maximum Gasteiger partial charge on any atom is 0.255 e. The quantitative estimate of drug-likeness (QED) is 0.399. The number of nitrogens with two attached hydrogens (primary N) is 2. The van der Waals surface area contributed by atoms with Crippen LogP contribution in [0.2, 0.25) is 0 Å². The van der Waals surface area contributed by atoms with Crippen molar-refractivity contribution in [2.75, 3.05) is 0 Å². The van der Waals surface area contributed by atoms with E-state index in [2.05, 4.69) is 4.98 Å². The lowest BCUT2D eigenvalue weighted by atomic mass is 9.59. The third-order valence-electron chi connectivity index (χ3n) is 5.74. The van der Waals surface area contributed by atoms with Crippen molar-refractivity contribution in [3.63, 3.8) is 0 Å². The first-order valence-corrected chi connectivity index (χ1v) is 8.37. The number of aromatic nitrogens is 1. The Labute approximate surface area is 153 Å². The molecule has 0 fully saturated rings. The smallest absolute Gasteiger partial charge is 0.255 e. The van der Waals surface area contributed by atoms with Gasteiger partial charge in [0.05, 0.1) is 11.7 Å². The molecule has 7 N–H and O–H groups in total. The average Bonchev–Trinajstić information content (AvgIpc) is 2.62. The minimum Gasteiger partial charge on any atom is -0.510 e. The van der Waals surface area contributed by atoms with Crippen molar-refractivity contribution in [1.29, 1.82) is 0 Å². The molecule has 4 atom stereocenters. The predicted molar refractivity (Wildman–Crippen MR) is 90.3 cm³/mol. The molecule has 4 rings (SSSR count). The molecule has 1 heterocycles. The molecule has 0 radical (unpaired) electrons. The third-order valence-corrected chi connectivity index (χ3v) is 5.74. The fraction of sp³-hybridized carbons (Fsp3) is 0.333. The first-order chi connectivity index (χ1) is 12.7. The van der Waals surface area contributed by atoms with Crippen LogP contribution in [-0.4, -0.2) is 49.4 Å². The Morgan fingerprint density at radius 1 is 1.30 bits per heavy atom. The molecule has 1 aromatic rings. The van der Waals surface area contributed by atoms with Gasteiger partial charge in [-0.1, -0.05) is 0 Å². The molecule has 0 saturated carbocycles. The number of hydrogen-bond acceptors (Lipinski definition) is 8. The summed E-state index contributed by atoms with van der Waals surface area (Å²) in [4.78, 5) is 41.4. The van der Waals surface area contributed by atoms with Gasteiger partial charge in [-0.25, -0.2) is 0 Å². The van der Waals surface area contributed by atoms with E-state index in [0.717, 1.165) is 0 Å². The highest BCUT2D eigenvalue weighted by Gasteiger charge is 2.62. The second kappa shape index (κ2) is 5.48. The normalized spacial score (nSPS) is 32.7. The van der Waals surface area contributed by atoms with Crippen LogP contribution >= 0.6 is 0 Å². The molecular weight excluding hydrogens is 354 g/mol. The summed E-state index contributed by atoms with van der Waals surface area (Å²) in [6, 6.07) is 1.81. The number of ketones is 2. The standard InChI is InChI=1S/C18H17N3O6/c19-12-8-4-6-5-9-7(2-1-3-21-9)13(22)10(6)15(24)18(8,27)16(25)11(14(12)23)17(20)26/h1-3,6,8,12,23-24,27H,4-5,19H2,(H2,20,26)/t6-,8+,12+,18+/m1/s1. The fourth-order valence-electron chi connectivity index (χ4n) is 4.42. The molecule has 140 valence electrons. The number of aliphatic hydroxyl groups is 3. The van der Waals surface area contributed by atoms with Gasteiger partial charge in [0.15, 0.2) is 11.4 Å². The molecular formula is C18H17N3O6. The van der Waals surface area contributed by atoms with E-state index in [9.17, 15) is 29.7 Å². The number of carbonyl (C=O) groups is 3. The molecule has 0 unspecified atom stereocenters. The van der Waals surface area contributed by atoms with E-state index in [1.54, 1.807) is 18.3 Å². The van der Waals surface area contributed by atoms with Crippen LogP contribution in [-0.2, 0) is 16.0 Å². The monoisotopic (exact) mass is 371 g/mol. The lowest BCUT2D eigenvalue weighted by molar-refractivity contribution is -0.145. The highest BCUT2D eigenvalue weighted by Crippen LogP contribution is 2.49. The molecule has 0 saturated heterocycles. The van der Waals surface area contributed by atoms with Crippen molar-refractivity contribution >= 4 is 17.5 Å². The van der Waals surface area contributed by atoms with Gasteiger partial charge in [0.2, 0.25) is 5.78 Å². The molecule has 1 amide bonds. The number of rotatable bonds is 1. The number of allylic oxidation sites excluding steroid dienone is 1. The van der Waals surface area contributed by atoms with Crippen molar-refractivity contribution in [2.45, 2.75) is 24.5 Å². The lowest BCUT2D eigenvalue weighted by Crippen LogP contribution is -2.63. The van der Waals surface area contributed by atoms with Gasteiger partial charge in [0.25, 0.3) is 5.91 Å². The van der Waals surface area contributed by atoms with Crippen LogP contribution < -0.4 is 11.5 Å². The minimum atomic E-state index is -2.60. The van der Waals surface area contributed by atoms with Crippen LogP contribution in [0.4, 0.5) is 0 Å². The number of pyridine rings is 1. The van der Waals surface area contributed by atoms with Gasteiger partial charge in [-0.3, -0.25) is 19.4 Å². The van der Waals surface area contributed by atoms with Crippen LogP contribution in [0.5, 0.6) is 0 Å². The Morgan fingerprint density at radius 3 is 2.67 bits per heavy atom. The van der Waals surface area contributed by atoms with Crippen LogP contribution in [0.3, 0.4) is 0 Å².